The van der Waals surface area contributed by atoms with Crippen LogP contribution >= 0.6 is 0 Å². The van der Waals surface area contributed by atoms with E-state index < -0.39 is 5.76 Å². The van der Waals surface area contributed by atoms with Crippen molar-refractivity contribution in [3.8, 4) is 0 Å². The number of carbonyl (C=O) groups is 2. The van der Waals surface area contributed by atoms with E-state index in [2.05, 4.69) is 14.8 Å². The number of ether oxygens (including phenoxy) is 1. The number of aromatic nitrogens is 1. The second-order valence-corrected chi connectivity index (χ2v) is 9.89. The molecule has 1 aromatic heterocycles. The van der Waals surface area contributed by atoms with Crippen molar-refractivity contribution in [2.24, 2.45) is 5.92 Å². The Morgan fingerprint density at radius 1 is 1.14 bits per heavy atom. The van der Waals surface area contributed by atoms with E-state index in [0.717, 1.165) is 75.3 Å². The Hall–Kier alpha value is -2.65. The van der Waals surface area contributed by atoms with E-state index in [1.54, 1.807) is 0 Å². The Kier molecular flexibility index (Phi) is 8.28. The SMILES string of the molecule is CCOC(=O)CCN1CCN(C2CCN(C(=O)[C@H](C)Cc3cc(C)c4[nH]c(=O)oc4c3)CC2)CC1. The largest absolute Gasteiger partial charge is 0.466 e. The molecule has 2 aliphatic heterocycles. The lowest BCUT2D eigenvalue weighted by molar-refractivity contribution is -0.143. The molecule has 2 aliphatic rings. The molecule has 2 saturated heterocycles. The number of benzene rings is 1. The molecule has 0 radical (unpaired) electrons. The van der Waals surface area contributed by atoms with E-state index in [9.17, 15) is 14.4 Å². The number of piperidine rings is 1. The van der Waals surface area contributed by atoms with Crippen LogP contribution in [0.5, 0.6) is 0 Å². The first-order chi connectivity index (χ1) is 16.8. The van der Waals surface area contributed by atoms with Crippen molar-refractivity contribution in [2.75, 3.05) is 52.4 Å². The van der Waals surface area contributed by atoms with Gasteiger partial charge >= 0.3 is 11.7 Å². The third-order valence-corrected chi connectivity index (χ3v) is 7.39. The fourth-order valence-corrected chi connectivity index (χ4v) is 5.45. The van der Waals surface area contributed by atoms with E-state index in [1.165, 1.54) is 0 Å². The highest BCUT2D eigenvalue weighted by Gasteiger charge is 2.30. The van der Waals surface area contributed by atoms with E-state index in [-0.39, 0.29) is 17.8 Å². The quantitative estimate of drug-likeness (QED) is 0.571. The van der Waals surface area contributed by atoms with Gasteiger partial charge in [0.1, 0.15) is 0 Å². The number of oxazole rings is 1. The summed E-state index contributed by atoms with van der Waals surface area (Å²) in [5, 5.41) is 0. The summed E-state index contributed by atoms with van der Waals surface area (Å²) < 4.78 is 10.2. The molecule has 9 nitrogen and oxygen atoms in total. The zero-order valence-electron chi connectivity index (χ0n) is 21.2. The molecule has 0 saturated carbocycles. The van der Waals surface area contributed by atoms with Gasteiger partial charge in [0.25, 0.3) is 0 Å². The van der Waals surface area contributed by atoms with Crippen LogP contribution in [0.25, 0.3) is 11.1 Å². The van der Waals surface area contributed by atoms with Gasteiger partial charge in [-0.1, -0.05) is 13.0 Å². The minimum absolute atomic E-state index is 0.118. The smallest absolute Gasteiger partial charge is 0.417 e. The third kappa shape index (κ3) is 6.32. The molecule has 1 atom stereocenters. The van der Waals surface area contributed by atoms with Gasteiger partial charge in [-0.15, -0.1) is 0 Å². The number of aryl methyl sites for hydroxylation is 1. The molecular formula is C26H38N4O5. The van der Waals surface area contributed by atoms with Crippen LogP contribution in [-0.4, -0.2) is 90.0 Å². The van der Waals surface area contributed by atoms with Crippen molar-refractivity contribution in [3.05, 3.63) is 33.8 Å². The fourth-order valence-electron chi connectivity index (χ4n) is 5.45. The lowest BCUT2D eigenvalue weighted by Gasteiger charge is -2.43. The number of hydrogen-bond donors (Lipinski definition) is 1. The predicted octanol–water partition coefficient (Wildman–Crippen LogP) is 2.17. The van der Waals surface area contributed by atoms with Crippen molar-refractivity contribution in [1.82, 2.24) is 19.7 Å². The Balaban J connectivity index is 1.22. The van der Waals surface area contributed by atoms with E-state index in [1.807, 2.05) is 37.8 Å². The topological polar surface area (TPSA) is 99.1 Å². The number of likely N-dealkylation sites (tertiary alicyclic amines) is 1. The molecule has 0 unspecified atom stereocenters. The Bertz CT molecular complexity index is 1080. The molecule has 2 fully saturated rings. The first kappa shape index (κ1) is 25.4. The molecule has 1 N–H and O–H groups in total. The van der Waals surface area contributed by atoms with Crippen LogP contribution in [0.2, 0.25) is 0 Å². The average Bonchev–Trinajstić information content (AvgIpc) is 3.23. The predicted molar refractivity (Wildman–Crippen MR) is 133 cm³/mol. The number of fused-ring (bicyclic) bond motifs is 1. The number of rotatable bonds is 8. The second-order valence-electron chi connectivity index (χ2n) is 9.89. The summed E-state index contributed by atoms with van der Waals surface area (Å²) in [4.78, 5) is 45.9. The molecule has 0 spiro atoms. The number of piperazine rings is 1. The van der Waals surface area contributed by atoms with Crippen LogP contribution < -0.4 is 5.76 Å². The van der Waals surface area contributed by atoms with Crippen molar-refractivity contribution in [3.63, 3.8) is 0 Å². The first-order valence-electron chi connectivity index (χ1n) is 12.9. The fraction of sp³-hybridized carbons (Fsp3) is 0.654. The standard InChI is InChI=1S/C26H38N4O5/c1-4-34-23(31)7-8-28-11-13-29(14-12-28)21-5-9-30(10-6-21)25(32)19(3)16-20-15-18(2)24-22(17-20)35-26(33)27-24/h15,17,19,21H,4-14,16H2,1-3H3,(H,27,33)/t19-/m1/s1. The van der Waals surface area contributed by atoms with Gasteiger partial charge in [0.2, 0.25) is 5.91 Å². The molecule has 1 amide bonds. The van der Waals surface area contributed by atoms with Crippen LogP contribution in [0.1, 0.15) is 44.2 Å². The molecule has 4 rings (SSSR count). The van der Waals surface area contributed by atoms with Gasteiger partial charge < -0.3 is 19.0 Å². The number of amides is 1. The lowest BCUT2D eigenvalue weighted by Crippen LogP contribution is -2.54. The minimum atomic E-state index is -0.453. The van der Waals surface area contributed by atoms with Crippen LogP contribution in [0.3, 0.4) is 0 Å². The summed E-state index contributed by atoms with van der Waals surface area (Å²) in [5.41, 5.74) is 3.23. The highest BCUT2D eigenvalue weighted by atomic mass is 16.5. The summed E-state index contributed by atoms with van der Waals surface area (Å²) in [6.45, 7) is 12.5. The van der Waals surface area contributed by atoms with Gasteiger partial charge in [0, 0.05) is 57.8 Å². The van der Waals surface area contributed by atoms with Gasteiger partial charge in [-0.3, -0.25) is 19.5 Å². The monoisotopic (exact) mass is 486 g/mol. The van der Waals surface area contributed by atoms with E-state index in [4.69, 9.17) is 9.15 Å². The van der Waals surface area contributed by atoms with Gasteiger partial charge in [0.05, 0.1) is 18.5 Å². The van der Waals surface area contributed by atoms with E-state index >= 15 is 0 Å². The molecule has 0 aliphatic carbocycles. The number of carbonyl (C=O) groups excluding carboxylic acids is 2. The summed E-state index contributed by atoms with van der Waals surface area (Å²) in [5.74, 6) is -0.504. The number of nitrogens with one attached hydrogen (secondary N) is 1. The highest BCUT2D eigenvalue weighted by Crippen LogP contribution is 2.23. The molecule has 35 heavy (non-hydrogen) atoms. The lowest BCUT2D eigenvalue weighted by atomic mass is 9.96. The maximum Gasteiger partial charge on any atom is 0.417 e. The van der Waals surface area contributed by atoms with Gasteiger partial charge in [-0.2, -0.15) is 0 Å². The zero-order chi connectivity index (χ0) is 24.9. The zero-order valence-corrected chi connectivity index (χ0v) is 21.2. The maximum absolute atomic E-state index is 13.1. The molecule has 0 bridgehead atoms. The van der Waals surface area contributed by atoms with Crippen molar-refractivity contribution in [2.45, 2.75) is 52.5 Å². The van der Waals surface area contributed by atoms with E-state index in [0.29, 0.717) is 31.1 Å². The number of H-pyrrole nitrogens is 1. The Morgan fingerprint density at radius 2 is 1.86 bits per heavy atom. The summed E-state index contributed by atoms with van der Waals surface area (Å²) >= 11 is 0. The molecule has 3 heterocycles. The van der Waals surface area contributed by atoms with Crippen LogP contribution in [0, 0.1) is 12.8 Å². The summed E-state index contributed by atoms with van der Waals surface area (Å²) in [7, 11) is 0. The third-order valence-electron chi connectivity index (χ3n) is 7.39. The molecule has 192 valence electrons. The number of aromatic amines is 1. The Morgan fingerprint density at radius 3 is 2.54 bits per heavy atom. The molecule has 1 aromatic carbocycles. The van der Waals surface area contributed by atoms with Crippen molar-refractivity contribution in [1.29, 1.82) is 0 Å². The summed E-state index contributed by atoms with van der Waals surface area (Å²) in [6.07, 6.45) is 3.08. The van der Waals surface area contributed by atoms with Gasteiger partial charge in [-0.25, -0.2) is 4.79 Å². The van der Waals surface area contributed by atoms with Crippen LogP contribution in [0.4, 0.5) is 0 Å². The van der Waals surface area contributed by atoms with Crippen LogP contribution in [-0.2, 0) is 20.7 Å². The average molecular weight is 487 g/mol. The van der Waals surface area contributed by atoms with Gasteiger partial charge in [-0.05, 0) is 50.3 Å². The molecule has 9 heteroatoms. The van der Waals surface area contributed by atoms with Crippen molar-refractivity contribution >= 4 is 23.0 Å². The van der Waals surface area contributed by atoms with Crippen LogP contribution in [0.15, 0.2) is 21.3 Å². The maximum atomic E-state index is 13.1. The first-order valence-corrected chi connectivity index (χ1v) is 12.9. The number of nitrogens with zero attached hydrogens (tertiary/aromatic N) is 3. The van der Waals surface area contributed by atoms with Gasteiger partial charge in [0.15, 0.2) is 5.58 Å². The molecule has 2 aromatic rings. The second kappa shape index (κ2) is 11.4. The molecular weight excluding hydrogens is 448 g/mol. The Labute approximate surface area is 206 Å². The van der Waals surface area contributed by atoms with Crippen molar-refractivity contribution < 1.29 is 18.7 Å². The number of esters is 1. The normalized spacial score (nSPS) is 19.2. The minimum Gasteiger partial charge on any atom is -0.466 e. The highest BCUT2D eigenvalue weighted by molar-refractivity contribution is 5.80. The number of hydrogen-bond acceptors (Lipinski definition) is 7. The summed E-state index contributed by atoms with van der Waals surface area (Å²) in [6, 6.07) is 4.40.